The highest BCUT2D eigenvalue weighted by molar-refractivity contribution is 6.19. The van der Waals surface area contributed by atoms with Crippen LogP contribution in [0.3, 0.4) is 0 Å². The van der Waals surface area contributed by atoms with Gasteiger partial charge in [-0.3, -0.25) is 14.4 Å². The van der Waals surface area contributed by atoms with Crippen molar-refractivity contribution in [1.29, 1.82) is 0 Å². The number of anilines is 1. The summed E-state index contributed by atoms with van der Waals surface area (Å²) in [6.45, 7) is 1.41. The molecule has 0 radical (unpaired) electrons. The van der Waals surface area contributed by atoms with Crippen LogP contribution in [-0.2, 0) is 4.79 Å². The lowest BCUT2D eigenvalue weighted by molar-refractivity contribution is -0.116. The van der Waals surface area contributed by atoms with E-state index in [1.54, 1.807) is 48.5 Å². The second-order valence-corrected chi connectivity index (χ2v) is 5.28. The number of rotatable bonds is 3. The lowest BCUT2D eigenvalue weighted by Gasteiger charge is -2.22. The van der Waals surface area contributed by atoms with Crippen LogP contribution in [0.15, 0.2) is 54.6 Å². The van der Waals surface area contributed by atoms with E-state index < -0.39 is 6.04 Å². The number of carbonyl (C=O) groups excluding carboxylic acids is 3. The summed E-state index contributed by atoms with van der Waals surface area (Å²) in [6, 6.07) is 15.0. The third-order valence-electron chi connectivity index (χ3n) is 3.86. The molecule has 1 amide bonds. The molecule has 0 fully saturated rings. The van der Waals surface area contributed by atoms with Crippen LogP contribution < -0.4 is 4.90 Å². The molecule has 1 aliphatic rings. The molecule has 2 aromatic carbocycles. The zero-order chi connectivity index (χ0) is 15.7. The molecule has 4 nitrogen and oxygen atoms in total. The van der Waals surface area contributed by atoms with E-state index in [4.69, 9.17) is 0 Å². The van der Waals surface area contributed by atoms with Gasteiger partial charge in [-0.2, -0.15) is 0 Å². The van der Waals surface area contributed by atoms with Crippen molar-refractivity contribution in [3.05, 3.63) is 65.7 Å². The molecule has 0 saturated carbocycles. The number of nitrogens with zero attached hydrogens (tertiary/aromatic N) is 1. The molecule has 1 aliphatic heterocycles. The Morgan fingerprint density at radius 2 is 1.64 bits per heavy atom. The van der Waals surface area contributed by atoms with Crippen LogP contribution in [0.4, 0.5) is 5.69 Å². The smallest absolute Gasteiger partial charge is 0.224 e. The SMILES string of the molecule is CC(=O)N1c2ccccc2C(=O)C1CC(=O)c1ccccc1. The van der Waals surface area contributed by atoms with E-state index in [0.29, 0.717) is 16.8 Å². The minimum atomic E-state index is -0.748. The lowest BCUT2D eigenvalue weighted by Crippen LogP contribution is -2.40. The van der Waals surface area contributed by atoms with Crippen molar-refractivity contribution in [2.75, 3.05) is 4.90 Å². The van der Waals surface area contributed by atoms with Gasteiger partial charge < -0.3 is 4.90 Å². The van der Waals surface area contributed by atoms with Gasteiger partial charge in [0.25, 0.3) is 0 Å². The standard InChI is InChI=1S/C18H15NO3/c1-12(20)19-15-10-6-5-9-14(15)18(22)16(19)11-17(21)13-7-3-2-4-8-13/h2-10,16H,11H2,1H3. The maximum atomic E-state index is 12.5. The van der Waals surface area contributed by atoms with Crippen molar-refractivity contribution >= 4 is 23.2 Å². The second kappa shape index (κ2) is 5.56. The van der Waals surface area contributed by atoms with Crippen LogP contribution in [0, 0.1) is 0 Å². The number of para-hydroxylation sites is 1. The Kier molecular flexibility index (Phi) is 3.59. The Balaban J connectivity index is 1.92. The van der Waals surface area contributed by atoms with E-state index in [2.05, 4.69) is 0 Å². The minimum absolute atomic E-state index is 0.00287. The molecular weight excluding hydrogens is 278 g/mol. The first-order chi connectivity index (χ1) is 10.6. The Labute approximate surface area is 128 Å². The van der Waals surface area contributed by atoms with Crippen molar-refractivity contribution < 1.29 is 14.4 Å². The van der Waals surface area contributed by atoms with Crippen LogP contribution in [0.1, 0.15) is 34.1 Å². The largest absolute Gasteiger partial charge is 0.301 e. The van der Waals surface area contributed by atoms with Gasteiger partial charge in [0.05, 0.1) is 5.69 Å². The summed E-state index contributed by atoms with van der Waals surface area (Å²) < 4.78 is 0. The summed E-state index contributed by atoms with van der Waals surface area (Å²) in [4.78, 5) is 38.3. The number of carbonyl (C=O) groups is 3. The van der Waals surface area contributed by atoms with Crippen molar-refractivity contribution in [3.63, 3.8) is 0 Å². The average molecular weight is 293 g/mol. The second-order valence-electron chi connectivity index (χ2n) is 5.28. The molecule has 3 rings (SSSR count). The predicted molar refractivity (Wildman–Crippen MR) is 83.1 cm³/mol. The molecule has 0 aliphatic carbocycles. The fourth-order valence-corrected chi connectivity index (χ4v) is 2.85. The number of ketones is 2. The van der Waals surface area contributed by atoms with Gasteiger partial charge in [0.1, 0.15) is 6.04 Å². The lowest BCUT2D eigenvalue weighted by atomic mass is 10.00. The Hall–Kier alpha value is -2.75. The van der Waals surface area contributed by atoms with Crippen molar-refractivity contribution in [3.8, 4) is 0 Å². The third kappa shape index (κ3) is 2.33. The van der Waals surface area contributed by atoms with Crippen molar-refractivity contribution in [1.82, 2.24) is 0 Å². The molecule has 110 valence electrons. The minimum Gasteiger partial charge on any atom is -0.301 e. The summed E-state index contributed by atoms with van der Waals surface area (Å²) in [6.07, 6.45) is -0.00287. The van der Waals surface area contributed by atoms with Gasteiger partial charge in [0.2, 0.25) is 5.91 Å². The highest BCUT2D eigenvalue weighted by atomic mass is 16.2. The molecule has 1 unspecified atom stereocenters. The number of benzene rings is 2. The molecule has 2 aromatic rings. The van der Waals surface area contributed by atoms with Gasteiger partial charge >= 0.3 is 0 Å². The van der Waals surface area contributed by atoms with E-state index in [1.807, 2.05) is 6.07 Å². The monoisotopic (exact) mass is 293 g/mol. The molecule has 0 saturated heterocycles. The van der Waals surface area contributed by atoms with E-state index in [-0.39, 0.29) is 23.9 Å². The van der Waals surface area contributed by atoms with Gasteiger partial charge in [-0.15, -0.1) is 0 Å². The Bertz CT molecular complexity index is 752. The molecule has 0 spiro atoms. The number of amides is 1. The van der Waals surface area contributed by atoms with Crippen LogP contribution in [0.25, 0.3) is 0 Å². The zero-order valence-electron chi connectivity index (χ0n) is 12.2. The highest BCUT2D eigenvalue weighted by Gasteiger charge is 2.40. The molecule has 1 atom stereocenters. The van der Waals surface area contributed by atoms with E-state index in [9.17, 15) is 14.4 Å². The summed E-state index contributed by atoms with van der Waals surface area (Å²) in [5, 5.41) is 0. The molecule has 0 bridgehead atoms. The topological polar surface area (TPSA) is 54.5 Å². The van der Waals surface area contributed by atoms with Crippen molar-refractivity contribution in [2.45, 2.75) is 19.4 Å². The summed E-state index contributed by atoms with van der Waals surface area (Å²) >= 11 is 0. The Morgan fingerprint density at radius 3 is 2.32 bits per heavy atom. The van der Waals surface area contributed by atoms with Crippen molar-refractivity contribution in [2.24, 2.45) is 0 Å². The van der Waals surface area contributed by atoms with Gasteiger partial charge in [0, 0.05) is 24.5 Å². The molecule has 22 heavy (non-hydrogen) atoms. The van der Waals surface area contributed by atoms with Gasteiger partial charge in [-0.05, 0) is 12.1 Å². The van der Waals surface area contributed by atoms with Gasteiger partial charge in [-0.25, -0.2) is 0 Å². The fourth-order valence-electron chi connectivity index (χ4n) is 2.85. The Morgan fingerprint density at radius 1 is 1.00 bits per heavy atom. The van der Waals surface area contributed by atoms with E-state index in [1.165, 1.54) is 11.8 Å². The molecule has 0 N–H and O–H groups in total. The predicted octanol–water partition coefficient (Wildman–Crippen LogP) is 2.88. The summed E-state index contributed by atoms with van der Waals surface area (Å²) in [5.74, 6) is -0.544. The highest BCUT2D eigenvalue weighted by Crippen LogP contribution is 2.33. The maximum absolute atomic E-state index is 12.5. The van der Waals surface area contributed by atoms with Gasteiger partial charge in [0.15, 0.2) is 11.6 Å². The molecule has 1 heterocycles. The van der Waals surface area contributed by atoms with E-state index >= 15 is 0 Å². The zero-order valence-corrected chi connectivity index (χ0v) is 12.2. The van der Waals surface area contributed by atoms with Crippen LogP contribution in [-0.4, -0.2) is 23.5 Å². The van der Waals surface area contributed by atoms with Crippen LogP contribution in [0.5, 0.6) is 0 Å². The number of hydrogen-bond acceptors (Lipinski definition) is 3. The number of hydrogen-bond donors (Lipinski definition) is 0. The summed E-state index contributed by atoms with van der Waals surface area (Å²) in [7, 11) is 0. The molecule has 0 aromatic heterocycles. The quantitative estimate of drug-likeness (QED) is 0.818. The first-order valence-electron chi connectivity index (χ1n) is 7.11. The van der Waals surface area contributed by atoms with Crippen LogP contribution >= 0.6 is 0 Å². The summed E-state index contributed by atoms with van der Waals surface area (Å²) in [5.41, 5.74) is 1.64. The maximum Gasteiger partial charge on any atom is 0.224 e. The third-order valence-corrected chi connectivity index (χ3v) is 3.86. The molecule has 4 heteroatoms. The number of Topliss-reactive ketones (excluding diaryl/α,β-unsaturated/α-hetero) is 2. The normalized spacial score (nSPS) is 16.5. The number of fused-ring (bicyclic) bond motifs is 1. The van der Waals surface area contributed by atoms with Crippen LogP contribution in [0.2, 0.25) is 0 Å². The van der Waals surface area contributed by atoms with Gasteiger partial charge in [-0.1, -0.05) is 42.5 Å². The first-order valence-corrected chi connectivity index (χ1v) is 7.11. The average Bonchev–Trinajstić information content (AvgIpc) is 2.81. The molecular formula is C18H15NO3. The first kappa shape index (κ1) is 14.2. The van der Waals surface area contributed by atoms with E-state index in [0.717, 1.165) is 0 Å². The fraction of sp³-hybridized carbons (Fsp3) is 0.167.